The molecule has 0 aliphatic heterocycles. The normalized spacial score (nSPS) is 11.4. The predicted molar refractivity (Wildman–Crippen MR) is 96.2 cm³/mol. The van der Waals surface area contributed by atoms with Crippen LogP contribution in [0.1, 0.15) is 27.7 Å². The largest absolute Gasteiger partial charge is 0.350 e. The number of para-hydroxylation sites is 1. The summed E-state index contributed by atoms with van der Waals surface area (Å²) in [5.74, 6) is -0.437. The highest BCUT2D eigenvalue weighted by Crippen LogP contribution is 2.08. The summed E-state index contributed by atoms with van der Waals surface area (Å²) >= 11 is 0. The average Bonchev–Trinajstić information content (AvgIpc) is 2.53. The van der Waals surface area contributed by atoms with Gasteiger partial charge >= 0.3 is 0 Å². The molecule has 7 heteroatoms. The number of carbonyl (C=O) groups excluding carboxylic acids is 2. The van der Waals surface area contributed by atoms with E-state index in [4.69, 9.17) is 0 Å². The minimum Gasteiger partial charge on any atom is -0.350 e. The smallest absolute Gasteiger partial charge is 0.244 e. The van der Waals surface area contributed by atoms with E-state index >= 15 is 0 Å². The van der Waals surface area contributed by atoms with Crippen LogP contribution in [0.15, 0.2) is 35.3 Å². The van der Waals surface area contributed by atoms with Crippen molar-refractivity contribution in [1.29, 1.82) is 0 Å². The number of nitrogens with one attached hydrogen (secondary N) is 1. The summed E-state index contributed by atoms with van der Waals surface area (Å²) < 4.78 is 1.49. The second-order valence-corrected chi connectivity index (χ2v) is 6.89. The van der Waals surface area contributed by atoms with E-state index in [1.54, 1.807) is 24.3 Å². The molecule has 1 aromatic carbocycles. The van der Waals surface area contributed by atoms with Gasteiger partial charge in [-0.25, -0.2) is 0 Å². The summed E-state index contributed by atoms with van der Waals surface area (Å²) in [7, 11) is 0. The molecular weight excluding hydrogens is 320 g/mol. The lowest BCUT2D eigenvalue weighted by Crippen LogP contribution is -2.47. The van der Waals surface area contributed by atoms with Crippen LogP contribution in [0.2, 0.25) is 0 Å². The quantitative estimate of drug-likeness (QED) is 0.882. The van der Waals surface area contributed by atoms with Crippen molar-refractivity contribution in [2.24, 2.45) is 0 Å². The molecule has 7 nitrogen and oxygen atoms in total. The van der Waals surface area contributed by atoms with Crippen LogP contribution in [0.4, 0.5) is 0 Å². The highest BCUT2D eigenvalue weighted by Gasteiger charge is 2.20. The first-order chi connectivity index (χ1) is 11.7. The molecular formula is C18H24N4O3. The Labute approximate surface area is 146 Å². The first-order valence-corrected chi connectivity index (χ1v) is 8.25. The Bertz CT molecular complexity index is 836. The minimum absolute atomic E-state index is 0.00919. The summed E-state index contributed by atoms with van der Waals surface area (Å²) in [6.45, 7) is 7.86. The molecule has 134 valence electrons. The number of rotatable bonds is 5. The van der Waals surface area contributed by atoms with Gasteiger partial charge < -0.3 is 10.2 Å². The first-order valence-electron chi connectivity index (χ1n) is 8.25. The van der Waals surface area contributed by atoms with Crippen LogP contribution < -0.4 is 10.7 Å². The molecule has 1 aromatic heterocycles. The van der Waals surface area contributed by atoms with E-state index in [9.17, 15) is 14.4 Å². The topological polar surface area (TPSA) is 84.3 Å². The molecule has 0 aliphatic carbocycles. The lowest BCUT2D eigenvalue weighted by Gasteiger charge is -2.25. The van der Waals surface area contributed by atoms with Crippen molar-refractivity contribution in [2.45, 2.75) is 39.8 Å². The highest BCUT2D eigenvalue weighted by molar-refractivity contribution is 5.86. The van der Waals surface area contributed by atoms with Crippen LogP contribution in [0.3, 0.4) is 0 Å². The lowest BCUT2D eigenvalue weighted by atomic mass is 10.1. The van der Waals surface area contributed by atoms with Crippen molar-refractivity contribution in [3.8, 4) is 0 Å². The van der Waals surface area contributed by atoms with Crippen LogP contribution in [-0.4, -0.2) is 45.1 Å². The third-order valence-corrected chi connectivity index (χ3v) is 3.63. The lowest BCUT2D eigenvalue weighted by molar-refractivity contribution is -0.136. The van der Waals surface area contributed by atoms with Gasteiger partial charge in [-0.05, 0) is 39.8 Å². The van der Waals surface area contributed by atoms with E-state index in [1.807, 2.05) is 27.7 Å². The fourth-order valence-corrected chi connectivity index (χ4v) is 2.52. The zero-order valence-electron chi connectivity index (χ0n) is 15.1. The van der Waals surface area contributed by atoms with Crippen molar-refractivity contribution >= 4 is 22.7 Å². The number of amides is 2. The number of nitrogens with zero attached hydrogens (tertiary/aromatic N) is 3. The number of likely N-dealkylation sites (N-methyl/N-ethyl adjacent to an activating group) is 1. The van der Waals surface area contributed by atoms with Gasteiger partial charge in [-0.1, -0.05) is 12.1 Å². The van der Waals surface area contributed by atoms with Crippen LogP contribution in [0.5, 0.6) is 0 Å². The Kier molecular flexibility index (Phi) is 5.56. The van der Waals surface area contributed by atoms with E-state index in [2.05, 4.69) is 10.4 Å². The molecule has 2 rings (SSSR count). The van der Waals surface area contributed by atoms with E-state index in [-0.39, 0.29) is 35.9 Å². The van der Waals surface area contributed by atoms with Gasteiger partial charge in [-0.2, -0.15) is 5.10 Å². The molecule has 0 saturated carbocycles. The summed E-state index contributed by atoms with van der Waals surface area (Å²) in [6, 6.07) is 7.01. The second kappa shape index (κ2) is 7.46. The number of hydrogen-bond donors (Lipinski definition) is 1. The van der Waals surface area contributed by atoms with Gasteiger partial charge in [0.2, 0.25) is 17.2 Å². The molecule has 2 amide bonds. The maximum absolute atomic E-state index is 12.6. The van der Waals surface area contributed by atoms with Crippen molar-refractivity contribution < 1.29 is 9.59 Å². The molecule has 1 N–H and O–H groups in total. The van der Waals surface area contributed by atoms with Gasteiger partial charge in [-0.3, -0.25) is 19.1 Å². The zero-order valence-corrected chi connectivity index (χ0v) is 15.1. The van der Waals surface area contributed by atoms with E-state index in [1.165, 1.54) is 15.8 Å². The maximum atomic E-state index is 12.6. The van der Waals surface area contributed by atoms with E-state index < -0.39 is 0 Å². The Morgan fingerprint density at radius 1 is 1.24 bits per heavy atom. The molecule has 0 radical (unpaired) electrons. The summed E-state index contributed by atoms with van der Waals surface area (Å²) in [6.07, 6.45) is 1.21. The van der Waals surface area contributed by atoms with Crippen molar-refractivity contribution in [3.63, 3.8) is 0 Å². The SMILES string of the molecule is CCN(CC(=O)NC(C)(C)C)C(=O)Cn1ncc(=O)c2ccccc21. The number of aromatic nitrogens is 2. The van der Waals surface area contributed by atoms with Crippen molar-refractivity contribution in [1.82, 2.24) is 20.0 Å². The number of fused-ring (bicyclic) bond motifs is 1. The fraction of sp³-hybridized carbons (Fsp3) is 0.444. The van der Waals surface area contributed by atoms with Crippen molar-refractivity contribution in [3.05, 3.63) is 40.7 Å². The molecule has 0 fully saturated rings. The molecule has 0 atom stereocenters. The monoisotopic (exact) mass is 344 g/mol. The summed E-state index contributed by atoms with van der Waals surface area (Å²) in [4.78, 5) is 38.0. The molecule has 2 aromatic rings. The second-order valence-electron chi connectivity index (χ2n) is 6.89. The Morgan fingerprint density at radius 3 is 2.56 bits per heavy atom. The number of benzene rings is 1. The van der Waals surface area contributed by atoms with Gasteiger partial charge in [0.1, 0.15) is 6.54 Å². The minimum atomic E-state index is -0.351. The molecule has 0 unspecified atom stereocenters. The summed E-state index contributed by atoms with van der Waals surface area (Å²) in [5, 5.41) is 7.41. The third-order valence-electron chi connectivity index (χ3n) is 3.63. The zero-order chi connectivity index (χ0) is 18.6. The first kappa shape index (κ1) is 18.6. The molecule has 0 aliphatic rings. The Morgan fingerprint density at radius 2 is 1.92 bits per heavy atom. The van der Waals surface area contributed by atoms with Gasteiger partial charge in [-0.15, -0.1) is 0 Å². The molecule has 25 heavy (non-hydrogen) atoms. The average molecular weight is 344 g/mol. The molecule has 0 spiro atoms. The van der Waals surface area contributed by atoms with Crippen LogP contribution in [0.25, 0.3) is 10.9 Å². The van der Waals surface area contributed by atoms with Gasteiger partial charge in [0.05, 0.1) is 18.3 Å². The Balaban J connectivity index is 2.16. The van der Waals surface area contributed by atoms with E-state index in [0.29, 0.717) is 17.4 Å². The standard InChI is InChI=1S/C18H24N4O3/c1-5-21(11-16(24)20-18(2,3)4)17(25)12-22-14-9-7-6-8-13(14)15(23)10-19-22/h6-10H,5,11-12H2,1-4H3,(H,20,24). The number of hydrogen-bond acceptors (Lipinski definition) is 4. The predicted octanol–water partition coefficient (Wildman–Crippen LogP) is 1.16. The van der Waals surface area contributed by atoms with Gasteiger partial charge in [0, 0.05) is 17.5 Å². The molecule has 0 bridgehead atoms. The van der Waals surface area contributed by atoms with Crippen LogP contribution >= 0.6 is 0 Å². The molecule has 1 heterocycles. The van der Waals surface area contributed by atoms with Gasteiger partial charge in [0.25, 0.3) is 0 Å². The summed E-state index contributed by atoms with van der Waals surface area (Å²) in [5.41, 5.74) is 0.0606. The van der Waals surface area contributed by atoms with Crippen molar-refractivity contribution in [2.75, 3.05) is 13.1 Å². The highest BCUT2D eigenvalue weighted by atomic mass is 16.2. The third kappa shape index (κ3) is 4.89. The van der Waals surface area contributed by atoms with Crippen LogP contribution in [-0.2, 0) is 16.1 Å². The molecule has 0 saturated heterocycles. The fourth-order valence-electron chi connectivity index (χ4n) is 2.52. The van der Waals surface area contributed by atoms with Crippen LogP contribution in [0, 0.1) is 0 Å². The maximum Gasteiger partial charge on any atom is 0.244 e. The number of carbonyl (C=O) groups is 2. The van der Waals surface area contributed by atoms with E-state index in [0.717, 1.165) is 0 Å². The van der Waals surface area contributed by atoms with Gasteiger partial charge in [0.15, 0.2) is 0 Å². The Hall–Kier alpha value is -2.70.